The quantitative estimate of drug-likeness (QED) is 0.811. The lowest BCUT2D eigenvalue weighted by Crippen LogP contribution is -2.32. The number of sulfonamides is 1. The molecule has 0 unspecified atom stereocenters. The van der Waals surface area contributed by atoms with Crippen molar-refractivity contribution in [3.8, 4) is 0 Å². The molecule has 0 aliphatic rings. The van der Waals surface area contributed by atoms with Crippen molar-refractivity contribution in [1.82, 2.24) is 4.31 Å². The molecule has 112 valence electrons. The Morgan fingerprint density at radius 2 is 1.95 bits per heavy atom. The Hall–Kier alpha value is -0.590. The van der Waals surface area contributed by atoms with Gasteiger partial charge >= 0.3 is 0 Å². The SMILES string of the molecule is C=C(C)CN(CC)S(=O)(=O)c1cc(CO)c(Cl)cc1Cl. The molecule has 0 fully saturated rings. The van der Waals surface area contributed by atoms with E-state index in [4.69, 9.17) is 23.2 Å². The van der Waals surface area contributed by atoms with E-state index in [1.807, 2.05) is 0 Å². The van der Waals surface area contributed by atoms with Crippen LogP contribution >= 0.6 is 23.2 Å². The summed E-state index contributed by atoms with van der Waals surface area (Å²) in [4.78, 5) is -0.0595. The number of aliphatic hydroxyl groups is 1. The van der Waals surface area contributed by atoms with E-state index in [0.29, 0.717) is 12.1 Å². The van der Waals surface area contributed by atoms with Crippen LogP contribution in [0.3, 0.4) is 0 Å². The first-order valence-corrected chi connectivity index (χ1v) is 8.17. The highest BCUT2D eigenvalue weighted by molar-refractivity contribution is 7.89. The van der Waals surface area contributed by atoms with E-state index in [1.54, 1.807) is 13.8 Å². The zero-order valence-corrected chi connectivity index (χ0v) is 13.7. The van der Waals surface area contributed by atoms with Crippen molar-refractivity contribution >= 4 is 33.2 Å². The van der Waals surface area contributed by atoms with E-state index in [-0.39, 0.29) is 28.1 Å². The zero-order valence-electron chi connectivity index (χ0n) is 11.4. The fourth-order valence-electron chi connectivity index (χ4n) is 1.70. The van der Waals surface area contributed by atoms with Crippen LogP contribution in [-0.4, -0.2) is 30.9 Å². The van der Waals surface area contributed by atoms with Gasteiger partial charge in [0.15, 0.2) is 0 Å². The normalized spacial score (nSPS) is 11.9. The lowest BCUT2D eigenvalue weighted by atomic mass is 10.2. The maximum atomic E-state index is 12.6. The summed E-state index contributed by atoms with van der Waals surface area (Å²) >= 11 is 11.9. The number of nitrogens with zero attached hydrogens (tertiary/aromatic N) is 1. The average molecular weight is 338 g/mol. The lowest BCUT2D eigenvalue weighted by molar-refractivity contribution is 0.281. The van der Waals surface area contributed by atoms with Crippen LogP contribution < -0.4 is 0 Å². The van der Waals surface area contributed by atoms with Crippen LogP contribution in [0.25, 0.3) is 0 Å². The highest BCUT2D eigenvalue weighted by Gasteiger charge is 2.26. The van der Waals surface area contributed by atoms with Crippen molar-refractivity contribution in [2.75, 3.05) is 13.1 Å². The van der Waals surface area contributed by atoms with Crippen LogP contribution in [0.15, 0.2) is 29.2 Å². The molecule has 0 bridgehead atoms. The fourth-order valence-corrected chi connectivity index (χ4v) is 4.04. The Bertz CT molecular complexity index is 614. The summed E-state index contributed by atoms with van der Waals surface area (Å²) in [6.07, 6.45) is 0. The summed E-state index contributed by atoms with van der Waals surface area (Å²) in [6, 6.07) is 2.64. The van der Waals surface area contributed by atoms with Crippen molar-refractivity contribution < 1.29 is 13.5 Å². The third-order valence-electron chi connectivity index (χ3n) is 2.69. The van der Waals surface area contributed by atoms with Crippen LogP contribution in [0.1, 0.15) is 19.4 Å². The van der Waals surface area contributed by atoms with Crippen LogP contribution in [0.4, 0.5) is 0 Å². The summed E-state index contributed by atoms with van der Waals surface area (Å²) in [5.41, 5.74) is 1.05. The Morgan fingerprint density at radius 3 is 2.40 bits per heavy atom. The maximum Gasteiger partial charge on any atom is 0.244 e. The van der Waals surface area contributed by atoms with Crippen LogP contribution in [-0.2, 0) is 16.6 Å². The molecule has 0 saturated carbocycles. The molecule has 1 aromatic carbocycles. The van der Waals surface area contributed by atoms with E-state index < -0.39 is 10.0 Å². The number of rotatable bonds is 6. The van der Waals surface area contributed by atoms with Crippen molar-refractivity contribution in [2.45, 2.75) is 25.3 Å². The van der Waals surface area contributed by atoms with Crippen molar-refractivity contribution in [3.63, 3.8) is 0 Å². The molecule has 4 nitrogen and oxygen atoms in total. The van der Waals surface area contributed by atoms with Gasteiger partial charge in [-0.1, -0.05) is 42.3 Å². The van der Waals surface area contributed by atoms with E-state index in [1.165, 1.54) is 16.4 Å². The number of halogens is 2. The molecular weight excluding hydrogens is 321 g/mol. The van der Waals surface area contributed by atoms with Crippen LogP contribution in [0, 0.1) is 0 Å². The van der Waals surface area contributed by atoms with Gasteiger partial charge in [0.25, 0.3) is 0 Å². The molecule has 0 spiro atoms. The summed E-state index contributed by atoms with van der Waals surface area (Å²) in [7, 11) is -3.76. The number of hydrogen-bond acceptors (Lipinski definition) is 3. The topological polar surface area (TPSA) is 57.6 Å². The molecule has 1 rings (SSSR count). The van der Waals surface area contributed by atoms with E-state index in [9.17, 15) is 13.5 Å². The average Bonchev–Trinajstić information content (AvgIpc) is 2.35. The van der Waals surface area contributed by atoms with Gasteiger partial charge in [-0.3, -0.25) is 0 Å². The van der Waals surface area contributed by atoms with Gasteiger partial charge in [-0.05, 0) is 24.6 Å². The van der Waals surface area contributed by atoms with Gasteiger partial charge in [-0.25, -0.2) is 8.42 Å². The second kappa shape index (κ2) is 6.91. The molecule has 0 radical (unpaired) electrons. The van der Waals surface area contributed by atoms with Crippen LogP contribution in [0.5, 0.6) is 0 Å². The molecule has 0 aromatic heterocycles. The predicted octanol–water partition coefficient (Wildman–Crippen LogP) is 3.07. The molecule has 0 saturated heterocycles. The highest BCUT2D eigenvalue weighted by atomic mass is 35.5. The van der Waals surface area contributed by atoms with E-state index in [2.05, 4.69) is 6.58 Å². The summed E-state index contributed by atoms with van der Waals surface area (Å²) in [6.45, 7) is 7.36. The minimum Gasteiger partial charge on any atom is -0.392 e. The minimum atomic E-state index is -3.76. The Labute approximate surface area is 129 Å². The lowest BCUT2D eigenvalue weighted by Gasteiger charge is -2.21. The van der Waals surface area contributed by atoms with Crippen molar-refractivity contribution in [3.05, 3.63) is 39.9 Å². The van der Waals surface area contributed by atoms with E-state index >= 15 is 0 Å². The molecular formula is C13H17Cl2NO3S. The molecule has 0 amide bonds. The maximum absolute atomic E-state index is 12.6. The van der Waals surface area contributed by atoms with E-state index in [0.717, 1.165) is 5.57 Å². The molecule has 7 heteroatoms. The molecule has 0 aliphatic heterocycles. The summed E-state index contributed by atoms with van der Waals surface area (Å²) < 4.78 is 26.4. The second-order valence-electron chi connectivity index (χ2n) is 4.42. The molecule has 0 atom stereocenters. The first-order valence-electron chi connectivity index (χ1n) is 5.97. The smallest absolute Gasteiger partial charge is 0.244 e. The Morgan fingerprint density at radius 1 is 1.35 bits per heavy atom. The third kappa shape index (κ3) is 3.74. The Kier molecular flexibility index (Phi) is 6.04. The predicted molar refractivity (Wildman–Crippen MR) is 81.6 cm³/mol. The first kappa shape index (κ1) is 17.5. The third-order valence-corrected chi connectivity index (χ3v) is 5.43. The van der Waals surface area contributed by atoms with Gasteiger partial charge < -0.3 is 5.11 Å². The van der Waals surface area contributed by atoms with Gasteiger partial charge in [0.1, 0.15) is 4.90 Å². The second-order valence-corrected chi connectivity index (χ2v) is 7.14. The summed E-state index contributed by atoms with van der Waals surface area (Å²) in [5.74, 6) is 0. The zero-order chi connectivity index (χ0) is 15.5. The fraction of sp³-hybridized carbons (Fsp3) is 0.385. The molecule has 1 N–H and O–H groups in total. The largest absolute Gasteiger partial charge is 0.392 e. The number of hydrogen-bond donors (Lipinski definition) is 1. The van der Waals surface area contributed by atoms with Gasteiger partial charge in [0.2, 0.25) is 10.0 Å². The van der Waals surface area contributed by atoms with Crippen molar-refractivity contribution in [2.24, 2.45) is 0 Å². The highest BCUT2D eigenvalue weighted by Crippen LogP contribution is 2.30. The minimum absolute atomic E-state index is 0.0346. The first-order chi connectivity index (χ1) is 9.23. The number of likely N-dealkylation sites (N-methyl/N-ethyl adjacent to an activating group) is 1. The summed E-state index contributed by atoms with van der Waals surface area (Å²) in [5, 5.41) is 9.46. The van der Waals surface area contributed by atoms with Gasteiger partial charge in [0.05, 0.1) is 11.6 Å². The standard InChI is InChI=1S/C13H17Cl2NO3S/c1-4-16(7-9(2)3)20(18,19)13-5-10(8-17)11(14)6-12(13)15/h5-6,17H,2,4,7-8H2,1,3H3. The molecule has 0 heterocycles. The monoisotopic (exact) mass is 337 g/mol. The number of benzene rings is 1. The number of aliphatic hydroxyl groups excluding tert-OH is 1. The van der Waals surface area contributed by atoms with Gasteiger partial charge in [0, 0.05) is 18.1 Å². The van der Waals surface area contributed by atoms with Gasteiger partial charge in [-0.15, -0.1) is 0 Å². The molecule has 1 aromatic rings. The van der Waals surface area contributed by atoms with Gasteiger partial charge in [-0.2, -0.15) is 4.31 Å². The van der Waals surface area contributed by atoms with Crippen LogP contribution in [0.2, 0.25) is 10.0 Å². The molecule has 0 aliphatic carbocycles. The Balaban J connectivity index is 3.37. The van der Waals surface area contributed by atoms with Crippen molar-refractivity contribution in [1.29, 1.82) is 0 Å². The molecule has 20 heavy (non-hydrogen) atoms.